The van der Waals surface area contributed by atoms with Crippen molar-refractivity contribution in [2.45, 2.75) is 25.7 Å². The number of aliphatic hydroxyl groups is 1. The number of hydrogen-bond donors (Lipinski definition) is 3. The van der Waals surface area contributed by atoms with Crippen LogP contribution in [0, 0.1) is 6.92 Å². The molecule has 0 aromatic carbocycles. The quantitative estimate of drug-likeness (QED) is 0.460. The summed E-state index contributed by atoms with van der Waals surface area (Å²) < 4.78 is 6.58. The Morgan fingerprint density at radius 3 is 2.89 bits per heavy atom. The molecular formula is C10H13N3O5. The van der Waals surface area contributed by atoms with Crippen LogP contribution in [0.3, 0.4) is 0 Å². The summed E-state index contributed by atoms with van der Waals surface area (Å²) >= 11 is 0. The van der Waals surface area contributed by atoms with Crippen LogP contribution in [-0.4, -0.2) is 38.3 Å². The molecule has 1 aliphatic heterocycles. The van der Waals surface area contributed by atoms with E-state index in [2.05, 4.69) is 10.1 Å². The molecule has 8 nitrogen and oxygen atoms in total. The number of aliphatic hydroxyl groups excluding tert-OH is 1. The molecule has 1 fully saturated rings. The van der Waals surface area contributed by atoms with Crippen molar-refractivity contribution in [2.75, 3.05) is 6.61 Å². The monoisotopic (exact) mass is 255 g/mol. The molecule has 98 valence electrons. The van der Waals surface area contributed by atoms with Crippen LogP contribution in [0.1, 0.15) is 18.2 Å². The second-order valence-corrected chi connectivity index (χ2v) is 4.04. The summed E-state index contributed by atoms with van der Waals surface area (Å²) in [5.41, 5.74) is -0.429. The van der Waals surface area contributed by atoms with Gasteiger partial charge in [-0.15, -0.1) is 0 Å². The van der Waals surface area contributed by atoms with Crippen molar-refractivity contribution in [3.63, 3.8) is 0 Å². The maximum absolute atomic E-state index is 11.6. The van der Waals surface area contributed by atoms with Crippen molar-refractivity contribution in [2.24, 2.45) is 5.16 Å². The van der Waals surface area contributed by atoms with Crippen LogP contribution in [0.25, 0.3) is 0 Å². The number of H-pyrrole nitrogens is 1. The highest BCUT2D eigenvalue weighted by Gasteiger charge is 2.33. The molecule has 1 aliphatic rings. The van der Waals surface area contributed by atoms with Gasteiger partial charge in [-0.2, -0.15) is 0 Å². The van der Waals surface area contributed by atoms with Crippen LogP contribution < -0.4 is 11.2 Å². The minimum Gasteiger partial charge on any atom is -0.411 e. The largest absolute Gasteiger partial charge is 0.411 e. The number of oxime groups is 1. The van der Waals surface area contributed by atoms with Gasteiger partial charge in [-0.3, -0.25) is 14.3 Å². The average Bonchev–Trinajstić information content (AvgIpc) is 2.76. The number of nitrogens with one attached hydrogen (secondary N) is 1. The van der Waals surface area contributed by atoms with Gasteiger partial charge in [-0.05, 0) is 6.92 Å². The molecule has 0 bridgehead atoms. The second kappa shape index (κ2) is 4.75. The average molecular weight is 255 g/mol. The maximum atomic E-state index is 11.6. The number of aromatic amines is 1. The number of ether oxygens (including phenoxy) is 1. The van der Waals surface area contributed by atoms with E-state index in [1.54, 1.807) is 6.92 Å². The van der Waals surface area contributed by atoms with E-state index in [0.29, 0.717) is 5.56 Å². The van der Waals surface area contributed by atoms with Crippen molar-refractivity contribution in [3.8, 4) is 0 Å². The molecule has 0 spiro atoms. The zero-order valence-corrected chi connectivity index (χ0v) is 9.66. The van der Waals surface area contributed by atoms with Crippen LogP contribution in [0.15, 0.2) is 20.9 Å². The zero-order chi connectivity index (χ0) is 13.3. The third-order valence-electron chi connectivity index (χ3n) is 2.83. The number of nitrogens with zero attached hydrogens (tertiary/aromatic N) is 2. The SMILES string of the molecule is Cc1cn([C@H]2C/C(=N\O)[C@@H](CO)O2)c(=O)[nH]c1=O. The smallest absolute Gasteiger partial charge is 0.330 e. The van der Waals surface area contributed by atoms with E-state index >= 15 is 0 Å². The molecule has 2 heterocycles. The lowest BCUT2D eigenvalue weighted by atomic mass is 10.2. The Morgan fingerprint density at radius 1 is 1.61 bits per heavy atom. The van der Waals surface area contributed by atoms with E-state index < -0.39 is 23.6 Å². The van der Waals surface area contributed by atoms with Crippen molar-refractivity contribution < 1.29 is 15.1 Å². The van der Waals surface area contributed by atoms with Gasteiger partial charge in [-0.1, -0.05) is 5.16 Å². The van der Waals surface area contributed by atoms with Gasteiger partial charge in [-0.25, -0.2) is 4.79 Å². The summed E-state index contributed by atoms with van der Waals surface area (Å²) in [6, 6.07) is 0. The Hall–Kier alpha value is -1.93. The van der Waals surface area contributed by atoms with E-state index in [0.717, 1.165) is 0 Å². The number of aromatic nitrogens is 2. The lowest BCUT2D eigenvalue weighted by molar-refractivity contribution is -0.0153. The highest BCUT2D eigenvalue weighted by molar-refractivity contribution is 5.90. The van der Waals surface area contributed by atoms with Gasteiger partial charge in [0, 0.05) is 18.2 Å². The Morgan fingerprint density at radius 2 is 2.33 bits per heavy atom. The minimum atomic E-state index is -0.737. The topological polar surface area (TPSA) is 117 Å². The van der Waals surface area contributed by atoms with Crippen LogP contribution in [-0.2, 0) is 4.74 Å². The second-order valence-electron chi connectivity index (χ2n) is 4.04. The highest BCUT2D eigenvalue weighted by Crippen LogP contribution is 2.24. The highest BCUT2D eigenvalue weighted by atomic mass is 16.5. The van der Waals surface area contributed by atoms with Gasteiger partial charge < -0.3 is 15.1 Å². The first-order valence-corrected chi connectivity index (χ1v) is 5.36. The minimum absolute atomic E-state index is 0.174. The van der Waals surface area contributed by atoms with Gasteiger partial charge in [0.05, 0.1) is 12.3 Å². The zero-order valence-electron chi connectivity index (χ0n) is 9.66. The fourth-order valence-electron chi connectivity index (χ4n) is 1.84. The van der Waals surface area contributed by atoms with E-state index in [9.17, 15) is 9.59 Å². The Labute approximate surface area is 101 Å². The fraction of sp³-hybridized carbons (Fsp3) is 0.500. The lowest BCUT2D eigenvalue weighted by Crippen LogP contribution is -2.33. The third kappa shape index (κ3) is 2.07. The molecule has 2 rings (SSSR count). The molecule has 2 atom stereocenters. The molecule has 18 heavy (non-hydrogen) atoms. The van der Waals surface area contributed by atoms with Gasteiger partial charge in [0.15, 0.2) is 0 Å². The standard InChI is InChI=1S/C10H13N3O5/c1-5-3-13(10(16)11-9(5)15)8-2-6(12-17)7(4-14)18-8/h3,7-8,14,17H,2,4H2,1H3,(H,11,15,16)/b12-6+/t7-,8-/m1/s1. The Bertz CT molecular complexity index is 588. The van der Waals surface area contributed by atoms with Crippen LogP contribution in [0.5, 0.6) is 0 Å². The van der Waals surface area contributed by atoms with E-state index in [4.69, 9.17) is 15.1 Å². The third-order valence-corrected chi connectivity index (χ3v) is 2.83. The van der Waals surface area contributed by atoms with Crippen LogP contribution >= 0.6 is 0 Å². The summed E-state index contributed by atoms with van der Waals surface area (Å²) in [6.07, 6.45) is 0.114. The van der Waals surface area contributed by atoms with Crippen LogP contribution in [0.4, 0.5) is 0 Å². The molecule has 3 N–H and O–H groups in total. The van der Waals surface area contributed by atoms with Gasteiger partial charge in [0.25, 0.3) is 5.56 Å². The van der Waals surface area contributed by atoms with Crippen molar-refractivity contribution in [1.82, 2.24) is 9.55 Å². The van der Waals surface area contributed by atoms with E-state index in [-0.39, 0.29) is 18.7 Å². The Balaban J connectivity index is 2.38. The number of aryl methyl sites for hydroxylation is 1. The Kier molecular flexibility index (Phi) is 3.30. The molecular weight excluding hydrogens is 242 g/mol. The maximum Gasteiger partial charge on any atom is 0.330 e. The number of rotatable bonds is 2. The van der Waals surface area contributed by atoms with Gasteiger partial charge >= 0.3 is 5.69 Å². The summed E-state index contributed by atoms with van der Waals surface area (Å²) in [5.74, 6) is 0. The summed E-state index contributed by atoms with van der Waals surface area (Å²) in [6.45, 7) is 1.22. The van der Waals surface area contributed by atoms with Crippen molar-refractivity contribution >= 4 is 5.71 Å². The summed E-state index contributed by atoms with van der Waals surface area (Å²) in [7, 11) is 0. The molecule has 8 heteroatoms. The predicted octanol–water partition coefficient (Wildman–Crippen LogP) is -1.04. The fourth-order valence-corrected chi connectivity index (χ4v) is 1.84. The molecule has 0 saturated carbocycles. The molecule has 0 unspecified atom stereocenters. The first-order valence-electron chi connectivity index (χ1n) is 5.36. The molecule has 1 saturated heterocycles. The summed E-state index contributed by atoms with van der Waals surface area (Å²) in [5, 5.41) is 20.8. The van der Waals surface area contributed by atoms with Crippen molar-refractivity contribution in [1.29, 1.82) is 0 Å². The molecule has 0 radical (unpaired) electrons. The van der Waals surface area contributed by atoms with E-state index in [1.807, 2.05) is 0 Å². The lowest BCUT2D eigenvalue weighted by Gasteiger charge is -2.14. The van der Waals surface area contributed by atoms with Gasteiger partial charge in [0.2, 0.25) is 0 Å². The van der Waals surface area contributed by atoms with Crippen LogP contribution in [0.2, 0.25) is 0 Å². The number of hydrogen-bond acceptors (Lipinski definition) is 6. The van der Waals surface area contributed by atoms with E-state index in [1.165, 1.54) is 10.8 Å². The first-order chi connectivity index (χ1) is 8.56. The normalized spacial score (nSPS) is 25.8. The first kappa shape index (κ1) is 12.5. The summed E-state index contributed by atoms with van der Waals surface area (Å²) in [4.78, 5) is 25.0. The predicted molar refractivity (Wildman–Crippen MR) is 60.9 cm³/mol. The molecule has 1 aromatic heterocycles. The molecule has 0 aliphatic carbocycles. The van der Waals surface area contributed by atoms with Crippen molar-refractivity contribution in [3.05, 3.63) is 32.6 Å². The van der Waals surface area contributed by atoms with Gasteiger partial charge in [0.1, 0.15) is 12.3 Å². The molecule has 1 aromatic rings. The molecule has 0 amide bonds.